The molecule has 1 N–H and O–H groups in total. The van der Waals surface area contributed by atoms with Crippen molar-refractivity contribution in [2.75, 3.05) is 0 Å². The smallest absolute Gasteiger partial charge is 0.307 e. The molecule has 0 bridgehead atoms. The van der Waals surface area contributed by atoms with Crippen LogP contribution >= 0.6 is 15.9 Å². The molecule has 0 aliphatic rings. The molecule has 1 unspecified atom stereocenters. The summed E-state index contributed by atoms with van der Waals surface area (Å²) in [5.74, 6) is -1.80. The van der Waals surface area contributed by atoms with Crippen LogP contribution in [0.15, 0.2) is 22.7 Å². The average molecular weight is 289 g/mol. The lowest BCUT2D eigenvalue weighted by Crippen LogP contribution is -2.22. The summed E-state index contributed by atoms with van der Waals surface area (Å²) in [4.78, 5) is 11.0. The molecule has 0 aromatic heterocycles. The molecule has 0 fully saturated rings. The van der Waals surface area contributed by atoms with Crippen molar-refractivity contribution in [2.24, 2.45) is 11.8 Å². The van der Waals surface area contributed by atoms with E-state index in [1.54, 1.807) is 12.1 Å². The first-order valence-electron chi connectivity index (χ1n) is 5.08. The maximum absolute atomic E-state index is 13.5. The molecule has 2 nitrogen and oxygen atoms in total. The molecule has 0 aliphatic heterocycles. The van der Waals surface area contributed by atoms with Crippen molar-refractivity contribution in [2.45, 2.75) is 20.3 Å². The number of carbonyl (C=O) groups is 1. The minimum absolute atomic E-state index is 0.0134. The first-order valence-corrected chi connectivity index (χ1v) is 5.88. The molecular formula is C12H14BrFO2. The number of carboxylic acids is 1. The van der Waals surface area contributed by atoms with Crippen molar-refractivity contribution in [1.82, 2.24) is 0 Å². The zero-order chi connectivity index (χ0) is 12.3. The van der Waals surface area contributed by atoms with Gasteiger partial charge in [-0.05, 0) is 30.0 Å². The largest absolute Gasteiger partial charge is 0.481 e. The zero-order valence-corrected chi connectivity index (χ0v) is 10.8. The molecule has 1 rings (SSSR count). The van der Waals surface area contributed by atoms with Crippen molar-refractivity contribution in [3.05, 3.63) is 34.1 Å². The average Bonchev–Trinajstić information content (AvgIpc) is 2.15. The van der Waals surface area contributed by atoms with Crippen LogP contribution in [0.25, 0.3) is 0 Å². The molecule has 0 saturated heterocycles. The van der Waals surface area contributed by atoms with Gasteiger partial charge in [-0.3, -0.25) is 4.79 Å². The third-order valence-electron chi connectivity index (χ3n) is 2.58. The highest BCUT2D eigenvalue weighted by Crippen LogP contribution is 2.22. The van der Waals surface area contributed by atoms with Crippen LogP contribution in [0.1, 0.15) is 19.4 Å². The molecule has 0 amide bonds. The predicted octanol–water partition coefficient (Wildman–Crippen LogP) is 3.49. The number of hydrogen-bond donors (Lipinski definition) is 1. The molecule has 16 heavy (non-hydrogen) atoms. The molecule has 1 aromatic rings. The quantitative estimate of drug-likeness (QED) is 0.921. The monoisotopic (exact) mass is 288 g/mol. The van der Waals surface area contributed by atoms with E-state index in [1.165, 1.54) is 6.07 Å². The summed E-state index contributed by atoms with van der Waals surface area (Å²) in [7, 11) is 0. The van der Waals surface area contributed by atoms with Gasteiger partial charge in [0.1, 0.15) is 5.82 Å². The fourth-order valence-electron chi connectivity index (χ4n) is 1.53. The van der Waals surface area contributed by atoms with Crippen LogP contribution in [0, 0.1) is 17.7 Å². The SMILES string of the molecule is CC(C)C(Cc1ccc(Br)cc1F)C(=O)O. The fourth-order valence-corrected chi connectivity index (χ4v) is 1.87. The minimum Gasteiger partial charge on any atom is -0.481 e. The van der Waals surface area contributed by atoms with Gasteiger partial charge in [-0.1, -0.05) is 35.8 Å². The maximum atomic E-state index is 13.5. The van der Waals surface area contributed by atoms with E-state index in [0.717, 1.165) is 0 Å². The van der Waals surface area contributed by atoms with E-state index in [0.29, 0.717) is 10.0 Å². The number of aliphatic carboxylic acids is 1. The Morgan fingerprint density at radius 2 is 2.12 bits per heavy atom. The number of carboxylic acid groups (broad SMARTS) is 1. The molecule has 4 heteroatoms. The van der Waals surface area contributed by atoms with Gasteiger partial charge in [0.25, 0.3) is 0 Å². The van der Waals surface area contributed by atoms with Gasteiger partial charge in [0.15, 0.2) is 0 Å². The summed E-state index contributed by atoms with van der Waals surface area (Å²) in [5, 5.41) is 9.02. The Bertz CT molecular complexity index is 391. The van der Waals surface area contributed by atoms with Crippen LogP contribution in [0.2, 0.25) is 0 Å². The normalized spacial score (nSPS) is 12.8. The van der Waals surface area contributed by atoms with E-state index >= 15 is 0 Å². The van der Waals surface area contributed by atoms with Crippen LogP contribution in [0.4, 0.5) is 4.39 Å². The van der Waals surface area contributed by atoms with Gasteiger partial charge in [-0.2, -0.15) is 0 Å². The lowest BCUT2D eigenvalue weighted by Gasteiger charge is -2.16. The van der Waals surface area contributed by atoms with Crippen LogP contribution in [-0.2, 0) is 11.2 Å². The van der Waals surface area contributed by atoms with E-state index in [4.69, 9.17) is 5.11 Å². The molecule has 88 valence electrons. The van der Waals surface area contributed by atoms with Gasteiger partial charge in [-0.15, -0.1) is 0 Å². The lowest BCUT2D eigenvalue weighted by molar-refractivity contribution is -0.143. The second kappa shape index (κ2) is 5.43. The molecular weight excluding hydrogens is 275 g/mol. The summed E-state index contributed by atoms with van der Waals surface area (Å²) in [6.45, 7) is 3.66. The summed E-state index contributed by atoms with van der Waals surface area (Å²) in [5.41, 5.74) is 0.448. The number of hydrogen-bond acceptors (Lipinski definition) is 1. The number of halogens is 2. The van der Waals surface area contributed by atoms with Gasteiger partial charge in [0.05, 0.1) is 5.92 Å². The summed E-state index contributed by atoms with van der Waals surface area (Å²) < 4.78 is 14.2. The topological polar surface area (TPSA) is 37.3 Å². The third-order valence-corrected chi connectivity index (χ3v) is 3.07. The van der Waals surface area contributed by atoms with Crippen LogP contribution in [0.5, 0.6) is 0 Å². The second-order valence-electron chi connectivity index (χ2n) is 4.13. The Balaban J connectivity index is 2.90. The fraction of sp³-hybridized carbons (Fsp3) is 0.417. The highest BCUT2D eigenvalue weighted by Gasteiger charge is 2.22. The van der Waals surface area contributed by atoms with Gasteiger partial charge in [0, 0.05) is 4.47 Å². The molecule has 0 spiro atoms. The van der Waals surface area contributed by atoms with Crippen LogP contribution < -0.4 is 0 Å². The Morgan fingerprint density at radius 1 is 1.50 bits per heavy atom. The number of benzene rings is 1. The molecule has 0 radical (unpaired) electrons. The van der Waals surface area contributed by atoms with E-state index in [2.05, 4.69) is 15.9 Å². The van der Waals surface area contributed by atoms with Crippen molar-refractivity contribution >= 4 is 21.9 Å². The van der Waals surface area contributed by atoms with E-state index in [-0.39, 0.29) is 18.2 Å². The molecule has 0 aliphatic carbocycles. The van der Waals surface area contributed by atoms with Crippen LogP contribution in [0.3, 0.4) is 0 Å². The first kappa shape index (κ1) is 13.2. The maximum Gasteiger partial charge on any atom is 0.307 e. The Kier molecular flexibility index (Phi) is 4.47. The van der Waals surface area contributed by atoms with Gasteiger partial charge >= 0.3 is 5.97 Å². The van der Waals surface area contributed by atoms with E-state index in [1.807, 2.05) is 13.8 Å². The van der Waals surface area contributed by atoms with Gasteiger partial charge in [0.2, 0.25) is 0 Å². The highest BCUT2D eigenvalue weighted by molar-refractivity contribution is 9.10. The Morgan fingerprint density at radius 3 is 2.56 bits per heavy atom. The zero-order valence-electron chi connectivity index (χ0n) is 9.21. The molecule has 0 heterocycles. The second-order valence-corrected chi connectivity index (χ2v) is 5.04. The van der Waals surface area contributed by atoms with Crippen molar-refractivity contribution in [3.8, 4) is 0 Å². The van der Waals surface area contributed by atoms with Crippen molar-refractivity contribution < 1.29 is 14.3 Å². The minimum atomic E-state index is -0.877. The molecule has 0 saturated carbocycles. The number of rotatable bonds is 4. The van der Waals surface area contributed by atoms with Crippen molar-refractivity contribution in [3.63, 3.8) is 0 Å². The van der Waals surface area contributed by atoms with E-state index in [9.17, 15) is 9.18 Å². The molecule has 1 atom stereocenters. The van der Waals surface area contributed by atoms with Gasteiger partial charge < -0.3 is 5.11 Å². The predicted molar refractivity (Wildman–Crippen MR) is 63.8 cm³/mol. The standard InChI is InChI=1S/C12H14BrFO2/c1-7(2)10(12(15)16)5-8-3-4-9(13)6-11(8)14/h3-4,6-7,10H,5H2,1-2H3,(H,15,16). The van der Waals surface area contributed by atoms with Crippen molar-refractivity contribution in [1.29, 1.82) is 0 Å². The van der Waals surface area contributed by atoms with E-state index < -0.39 is 11.9 Å². The first-order chi connectivity index (χ1) is 7.41. The van der Waals surface area contributed by atoms with Crippen LogP contribution in [-0.4, -0.2) is 11.1 Å². The Hall–Kier alpha value is -0.900. The summed E-state index contributed by atoms with van der Waals surface area (Å²) in [6, 6.07) is 4.70. The van der Waals surface area contributed by atoms with Gasteiger partial charge in [-0.25, -0.2) is 4.39 Å². The third kappa shape index (κ3) is 3.30. The summed E-state index contributed by atoms with van der Waals surface area (Å²) in [6.07, 6.45) is 0.228. The molecule has 1 aromatic carbocycles. The Labute approximate surface area is 103 Å². The highest BCUT2D eigenvalue weighted by atomic mass is 79.9. The summed E-state index contributed by atoms with van der Waals surface area (Å²) >= 11 is 3.16. The lowest BCUT2D eigenvalue weighted by atomic mass is 9.89.